The summed E-state index contributed by atoms with van der Waals surface area (Å²) in [5, 5.41) is 3.03. The highest BCUT2D eigenvalue weighted by Crippen LogP contribution is 2.33. The zero-order valence-electron chi connectivity index (χ0n) is 19.2. The number of benzene rings is 2. The fraction of sp³-hybridized carbons (Fsp3) is 0.115. The number of nitrogen functional groups attached to an aromatic ring is 2. The van der Waals surface area contributed by atoms with Gasteiger partial charge in [-0.3, -0.25) is 0 Å². The SMILES string of the molecule is COc1ccccc1CNC(=C=O)c1nc(-c2cc(C)nc(N)c2)c(-c2ccc(F)cc2)nc1N. The van der Waals surface area contributed by atoms with Crippen LogP contribution in [0, 0.1) is 12.7 Å². The normalized spacial score (nSPS) is 10.5. The second kappa shape index (κ2) is 10.0. The number of methoxy groups -OCH3 is 1. The Bertz CT molecular complexity index is 1410. The Morgan fingerprint density at radius 1 is 1.00 bits per heavy atom. The third-order valence-corrected chi connectivity index (χ3v) is 5.27. The molecule has 5 N–H and O–H groups in total. The summed E-state index contributed by atoms with van der Waals surface area (Å²) in [7, 11) is 1.57. The van der Waals surface area contributed by atoms with Crippen LogP contribution in [-0.4, -0.2) is 28.0 Å². The van der Waals surface area contributed by atoms with Crippen molar-refractivity contribution in [3.63, 3.8) is 0 Å². The van der Waals surface area contributed by atoms with Gasteiger partial charge in [-0.25, -0.2) is 24.1 Å². The highest BCUT2D eigenvalue weighted by atomic mass is 19.1. The molecule has 35 heavy (non-hydrogen) atoms. The van der Waals surface area contributed by atoms with Crippen molar-refractivity contribution in [2.75, 3.05) is 18.6 Å². The van der Waals surface area contributed by atoms with Crippen LogP contribution in [0.5, 0.6) is 5.75 Å². The average Bonchev–Trinajstić information content (AvgIpc) is 2.85. The van der Waals surface area contributed by atoms with E-state index < -0.39 is 0 Å². The van der Waals surface area contributed by atoms with Gasteiger partial charge in [-0.1, -0.05) is 18.2 Å². The summed E-state index contributed by atoms with van der Waals surface area (Å²) in [6.07, 6.45) is 0. The lowest BCUT2D eigenvalue weighted by Gasteiger charge is -2.15. The first-order valence-electron chi connectivity index (χ1n) is 10.7. The van der Waals surface area contributed by atoms with Gasteiger partial charge in [0.1, 0.15) is 28.8 Å². The zero-order valence-corrected chi connectivity index (χ0v) is 19.2. The zero-order chi connectivity index (χ0) is 24.9. The molecule has 0 fully saturated rings. The molecule has 0 bridgehead atoms. The standard InChI is InChI=1S/C26H23FN6O2/c1-15-11-18(12-22(28)31-15)24-23(16-7-9-19(27)10-8-16)33-26(29)25(32-24)20(14-34)30-13-17-5-3-4-6-21(17)35-2/h3-12,30H,13H2,1-2H3,(H2,28,31)(H2,29,33). The fourth-order valence-electron chi connectivity index (χ4n) is 3.67. The first kappa shape index (κ1) is 23.4. The summed E-state index contributed by atoms with van der Waals surface area (Å²) in [6, 6.07) is 16.7. The Kier molecular flexibility index (Phi) is 6.71. The summed E-state index contributed by atoms with van der Waals surface area (Å²) < 4.78 is 18.9. The van der Waals surface area contributed by atoms with E-state index in [2.05, 4.69) is 15.3 Å². The minimum atomic E-state index is -0.386. The first-order chi connectivity index (χ1) is 16.9. The summed E-state index contributed by atoms with van der Waals surface area (Å²) in [6.45, 7) is 2.07. The molecule has 0 saturated heterocycles. The maximum atomic E-state index is 13.6. The maximum absolute atomic E-state index is 13.6. The lowest BCUT2D eigenvalue weighted by atomic mass is 10.0. The Hall–Kier alpha value is -4.75. The van der Waals surface area contributed by atoms with Crippen molar-refractivity contribution in [3.8, 4) is 28.3 Å². The number of ether oxygens (including phenoxy) is 1. The van der Waals surface area contributed by atoms with Crippen LogP contribution in [-0.2, 0) is 11.3 Å². The number of nitrogens with two attached hydrogens (primary N) is 2. The molecule has 2 aromatic carbocycles. The van der Waals surface area contributed by atoms with Gasteiger partial charge in [-0.15, -0.1) is 0 Å². The van der Waals surface area contributed by atoms with Crippen molar-refractivity contribution < 1.29 is 13.9 Å². The monoisotopic (exact) mass is 470 g/mol. The molecule has 4 rings (SSSR count). The van der Waals surface area contributed by atoms with Crippen LogP contribution >= 0.6 is 0 Å². The van der Waals surface area contributed by atoms with E-state index in [9.17, 15) is 9.18 Å². The minimum absolute atomic E-state index is 0.0118. The lowest BCUT2D eigenvalue weighted by molar-refractivity contribution is 0.409. The van der Waals surface area contributed by atoms with E-state index in [1.165, 1.54) is 12.1 Å². The lowest BCUT2D eigenvalue weighted by Crippen LogP contribution is -2.17. The minimum Gasteiger partial charge on any atom is -0.496 e. The van der Waals surface area contributed by atoms with Crippen LogP contribution in [0.1, 0.15) is 17.0 Å². The summed E-state index contributed by atoms with van der Waals surface area (Å²) in [5.41, 5.74) is 15.9. The molecular formula is C26H23FN6O2. The van der Waals surface area contributed by atoms with Crippen molar-refractivity contribution in [2.24, 2.45) is 0 Å². The van der Waals surface area contributed by atoms with Gasteiger partial charge in [0, 0.05) is 28.9 Å². The molecule has 0 spiro atoms. The Morgan fingerprint density at radius 3 is 2.40 bits per heavy atom. The predicted molar refractivity (Wildman–Crippen MR) is 133 cm³/mol. The van der Waals surface area contributed by atoms with Gasteiger partial charge in [-0.2, -0.15) is 0 Å². The van der Waals surface area contributed by atoms with Crippen molar-refractivity contribution in [1.82, 2.24) is 20.3 Å². The number of halogens is 1. The van der Waals surface area contributed by atoms with E-state index >= 15 is 0 Å². The molecule has 0 aliphatic heterocycles. The van der Waals surface area contributed by atoms with Gasteiger partial charge < -0.3 is 21.5 Å². The number of nitrogens with zero attached hydrogens (tertiary/aromatic N) is 3. The van der Waals surface area contributed by atoms with E-state index in [4.69, 9.17) is 21.2 Å². The second-order valence-corrected chi connectivity index (χ2v) is 7.73. The van der Waals surface area contributed by atoms with Gasteiger partial charge in [0.25, 0.3) is 0 Å². The number of hydrogen-bond acceptors (Lipinski definition) is 8. The molecule has 2 aromatic heterocycles. The quantitative estimate of drug-likeness (QED) is 0.348. The molecule has 8 nitrogen and oxygen atoms in total. The van der Waals surface area contributed by atoms with Crippen molar-refractivity contribution in [2.45, 2.75) is 13.5 Å². The van der Waals surface area contributed by atoms with Gasteiger partial charge in [0.2, 0.25) is 0 Å². The van der Waals surface area contributed by atoms with Gasteiger partial charge in [-0.05, 0) is 49.4 Å². The van der Waals surface area contributed by atoms with Gasteiger partial charge in [0.05, 0.1) is 18.5 Å². The third-order valence-electron chi connectivity index (χ3n) is 5.27. The number of aromatic nitrogens is 3. The molecular weight excluding hydrogens is 447 g/mol. The number of nitrogens with one attached hydrogen (secondary N) is 1. The molecule has 0 atom stereocenters. The molecule has 2 heterocycles. The number of hydrogen-bond donors (Lipinski definition) is 3. The van der Waals surface area contributed by atoms with E-state index in [0.717, 1.165) is 5.56 Å². The number of carbonyl (C=O) groups excluding carboxylic acids is 1. The van der Waals surface area contributed by atoms with Crippen molar-refractivity contribution in [3.05, 3.63) is 83.4 Å². The molecule has 176 valence electrons. The number of rotatable bonds is 7. The van der Waals surface area contributed by atoms with Crippen LogP contribution in [0.3, 0.4) is 0 Å². The molecule has 4 aromatic rings. The second-order valence-electron chi connectivity index (χ2n) is 7.73. The molecule has 0 aliphatic rings. The van der Waals surface area contributed by atoms with Crippen LogP contribution in [0.15, 0.2) is 60.7 Å². The molecule has 0 radical (unpaired) electrons. The van der Waals surface area contributed by atoms with Crippen LogP contribution < -0.4 is 21.5 Å². The fourth-order valence-corrected chi connectivity index (χ4v) is 3.67. The maximum Gasteiger partial charge on any atom is 0.153 e. The van der Waals surface area contributed by atoms with Crippen LogP contribution in [0.2, 0.25) is 0 Å². The first-order valence-corrected chi connectivity index (χ1v) is 10.7. The molecule has 0 aliphatic carbocycles. The molecule has 0 unspecified atom stereocenters. The topological polar surface area (TPSA) is 129 Å². The van der Waals surface area contributed by atoms with Crippen LogP contribution in [0.25, 0.3) is 28.2 Å². The predicted octanol–water partition coefficient (Wildman–Crippen LogP) is 3.79. The van der Waals surface area contributed by atoms with E-state index in [-0.39, 0.29) is 29.6 Å². The number of pyridine rings is 1. The Balaban J connectivity index is 1.81. The molecule has 0 saturated carbocycles. The summed E-state index contributed by atoms with van der Waals surface area (Å²) in [5.74, 6) is 2.47. The summed E-state index contributed by atoms with van der Waals surface area (Å²) in [4.78, 5) is 25.4. The van der Waals surface area contributed by atoms with Crippen LogP contribution in [0.4, 0.5) is 16.0 Å². The summed E-state index contributed by atoms with van der Waals surface area (Å²) >= 11 is 0. The number of aryl methyl sites for hydroxylation is 1. The third kappa shape index (κ3) is 5.10. The van der Waals surface area contributed by atoms with E-state index in [1.807, 2.05) is 30.2 Å². The van der Waals surface area contributed by atoms with Crippen molar-refractivity contribution in [1.29, 1.82) is 0 Å². The smallest absolute Gasteiger partial charge is 0.153 e. The number of anilines is 2. The highest BCUT2D eigenvalue weighted by molar-refractivity contribution is 5.90. The van der Waals surface area contributed by atoms with Crippen molar-refractivity contribution >= 4 is 23.3 Å². The Labute approximate surface area is 201 Å². The largest absolute Gasteiger partial charge is 0.496 e. The Morgan fingerprint density at radius 2 is 1.71 bits per heavy atom. The van der Waals surface area contributed by atoms with Gasteiger partial charge in [0.15, 0.2) is 11.8 Å². The van der Waals surface area contributed by atoms with E-state index in [1.54, 1.807) is 38.3 Å². The van der Waals surface area contributed by atoms with Gasteiger partial charge >= 0.3 is 0 Å². The average molecular weight is 471 g/mol. The number of para-hydroxylation sites is 1. The highest BCUT2D eigenvalue weighted by Gasteiger charge is 2.20. The molecule has 0 amide bonds. The van der Waals surface area contributed by atoms with E-state index in [0.29, 0.717) is 39.8 Å². The molecule has 9 heteroatoms.